The second kappa shape index (κ2) is 8.79. The highest BCUT2D eigenvalue weighted by molar-refractivity contribution is 6.32. The summed E-state index contributed by atoms with van der Waals surface area (Å²) < 4.78 is 15.7. The van der Waals surface area contributed by atoms with Crippen LogP contribution in [0, 0.1) is 0 Å². The molecule has 0 unspecified atom stereocenters. The molecule has 0 aromatic heterocycles. The minimum atomic E-state index is -0.397. The van der Waals surface area contributed by atoms with Crippen LogP contribution in [-0.4, -0.2) is 32.9 Å². The lowest BCUT2D eigenvalue weighted by Crippen LogP contribution is -2.24. The van der Waals surface area contributed by atoms with E-state index in [0.29, 0.717) is 22.3 Å². The maximum Gasteiger partial charge on any atom is 0.277 e. The summed E-state index contributed by atoms with van der Waals surface area (Å²) in [6.07, 6.45) is 1.50. The molecule has 2 rings (SSSR count). The van der Waals surface area contributed by atoms with Gasteiger partial charge in [0.05, 0.1) is 25.5 Å². The highest BCUT2D eigenvalue weighted by atomic mass is 35.5. The van der Waals surface area contributed by atoms with E-state index in [1.54, 1.807) is 56.7 Å². The number of hydrazone groups is 1. The van der Waals surface area contributed by atoms with E-state index in [4.69, 9.17) is 25.8 Å². The summed E-state index contributed by atoms with van der Waals surface area (Å²) in [5.74, 6) is 1.24. The number of hydrogen-bond acceptors (Lipinski definition) is 5. The molecular formula is C17H17ClN2O4. The van der Waals surface area contributed by atoms with Gasteiger partial charge in [0.1, 0.15) is 5.75 Å². The molecule has 0 spiro atoms. The second-order valence-electron chi connectivity index (χ2n) is 4.63. The smallest absolute Gasteiger partial charge is 0.277 e. The molecule has 6 nitrogen and oxygen atoms in total. The fourth-order valence-electron chi connectivity index (χ4n) is 1.85. The lowest BCUT2D eigenvalue weighted by atomic mass is 10.2. The van der Waals surface area contributed by atoms with E-state index in [-0.39, 0.29) is 6.61 Å². The summed E-state index contributed by atoms with van der Waals surface area (Å²) in [7, 11) is 3.11. The van der Waals surface area contributed by atoms with Crippen molar-refractivity contribution in [3.05, 3.63) is 53.1 Å². The van der Waals surface area contributed by atoms with Gasteiger partial charge in [-0.2, -0.15) is 5.10 Å². The zero-order valence-corrected chi connectivity index (χ0v) is 14.0. The van der Waals surface area contributed by atoms with Crippen LogP contribution in [0.3, 0.4) is 0 Å². The summed E-state index contributed by atoms with van der Waals surface area (Å²) >= 11 is 5.94. The molecule has 126 valence electrons. The Labute approximate surface area is 145 Å². The summed E-state index contributed by atoms with van der Waals surface area (Å²) in [5.41, 5.74) is 3.13. The number of amides is 1. The first kappa shape index (κ1) is 17.6. The van der Waals surface area contributed by atoms with Gasteiger partial charge in [0.25, 0.3) is 5.91 Å². The van der Waals surface area contributed by atoms with Crippen molar-refractivity contribution < 1.29 is 19.0 Å². The monoisotopic (exact) mass is 348 g/mol. The Hall–Kier alpha value is -2.73. The van der Waals surface area contributed by atoms with E-state index in [0.717, 1.165) is 5.56 Å². The summed E-state index contributed by atoms with van der Waals surface area (Å²) in [6, 6.07) is 12.2. The molecule has 0 saturated heterocycles. The van der Waals surface area contributed by atoms with Gasteiger partial charge in [-0.15, -0.1) is 0 Å². The fraction of sp³-hybridized carbons (Fsp3) is 0.176. The number of carbonyl (C=O) groups excluding carboxylic acids is 1. The first-order chi connectivity index (χ1) is 11.6. The zero-order valence-electron chi connectivity index (χ0n) is 13.3. The minimum absolute atomic E-state index is 0.187. The third-order valence-corrected chi connectivity index (χ3v) is 3.32. The van der Waals surface area contributed by atoms with Crippen molar-refractivity contribution >= 4 is 23.7 Å². The summed E-state index contributed by atoms with van der Waals surface area (Å²) in [4.78, 5) is 11.7. The summed E-state index contributed by atoms with van der Waals surface area (Å²) in [5, 5.41) is 4.32. The quantitative estimate of drug-likeness (QED) is 0.617. The number of nitrogens with one attached hydrogen (secondary N) is 1. The zero-order chi connectivity index (χ0) is 17.4. The SMILES string of the molecule is COc1ccc(C=NNC(=O)COc2ccccc2Cl)cc1OC. The third kappa shape index (κ3) is 4.89. The van der Waals surface area contributed by atoms with Crippen LogP contribution >= 0.6 is 11.6 Å². The number of para-hydroxylation sites is 1. The molecule has 24 heavy (non-hydrogen) atoms. The average Bonchev–Trinajstić information content (AvgIpc) is 2.61. The molecule has 1 N–H and O–H groups in total. The predicted molar refractivity (Wildman–Crippen MR) is 92.2 cm³/mol. The van der Waals surface area contributed by atoms with Gasteiger partial charge in [-0.05, 0) is 35.9 Å². The Morgan fingerprint density at radius 3 is 2.58 bits per heavy atom. The van der Waals surface area contributed by atoms with E-state index in [1.165, 1.54) is 6.21 Å². The van der Waals surface area contributed by atoms with Crippen LogP contribution in [0.1, 0.15) is 5.56 Å². The number of halogens is 1. The van der Waals surface area contributed by atoms with E-state index in [9.17, 15) is 4.79 Å². The van der Waals surface area contributed by atoms with Crippen LogP contribution in [0.4, 0.5) is 0 Å². The molecule has 0 atom stereocenters. The molecule has 0 bridgehead atoms. The van der Waals surface area contributed by atoms with E-state index >= 15 is 0 Å². The van der Waals surface area contributed by atoms with E-state index in [1.807, 2.05) is 0 Å². The summed E-state index contributed by atoms with van der Waals surface area (Å²) in [6.45, 7) is -0.187. The first-order valence-electron chi connectivity index (χ1n) is 7.05. The Bertz CT molecular complexity index is 734. The van der Waals surface area contributed by atoms with Crippen molar-refractivity contribution in [3.8, 4) is 17.2 Å². The number of methoxy groups -OCH3 is 2. The Morgan fingerprint density at radius 1 is 1.12 bits per heavy atom. The third-order valence-electron chi connectivity index (χ3n) is 3.01. The standard InChI is InChI=1S/C17H17ClN2O4/c1-22-15-8-7-12(9-16(15)23-2)10-19-20-17(21)11-24-14-6-4-3-5-13(14)18/h3-10H,11H2,1-2H3,(H,20,21). The number of nitrogens with zero attached hydrogens (tertiary/aromatic N) is 1. The van der Waals surface area contributed by atoms with Crippen LogP contribution in [0.5, 0.6) is 17.2 Å². The molecule has 0 aliphatic carbocycles. The number of ether oxygens (including phenoxy) is 3. The molecule has 2 aromatic rings. The van der Waals surface area contributed by atoms with Gasteiger partial charge in [-0.1, -0.05) is 23.7 Å². The molecule has 0 aliphatic heterocycles. The van der Waals surface area contributed by atoms with Crippen molar-refractivity contribution in [2.45, 2.75) is 0 Å². The maximum atomic E-state index is 11.7. The van der Waals surface area contributed by atoms with Crippen molar-refractivity contribution in [1.29, 1.82) is 0 Å². The Kier molecular flexibility index (Phi) is 6.45. The number of rotatable bonds is 7. The van der Waals surface area contributed by atoms with Crippen molar-refractivity contribution in [2.24, 2.45) is 5.10 Å². The molecule has 0 radical (unpaired) electrons. The highest BCUT2D eigenvalue weighted by Gasteiger charge is 2.05. The normalized spacial score (nSPS) is 10.5. The van der Waals surface area contributed by atoms with Crippen molar-refractivity contribution in [3.63, 3.8) is 0 Å². The molecule has 0 fully saturated rings. The Balaban J connectivity index is 1.87. The average molecular weight is 349 g/mol. The van der Waals surface area contributed by atoms with Gasteiger partial charge in [0.15, 0.2) is 18.1 Å². The number of benzene rings is 2. The lowest BCUT2D eigenvalue weighted by molar-refractivity contribution is -0.123. The van der Waals surface area contributed by atoms with Gasteiger partial charge in [0.2, 0.25) is 0 Å². The minimum Gasteiger partial charge on any atom is -0.493 e. The van der Waals surface area contributed by atoms with Gasteiger partial charge in [-0.3, -0.25) is 4.79 Å². The molecule has 2 aromatic carbocycles. The van der Waals surface area contributed by atoms with Gasteiger partial charge in [-0.25, -0.2) is 5.43 Å². The van der Waals surface area contributed by atoms with Crippen LogP contribution in [-0.2, 0) is 4.79 Å². The van der Waals surface area contributed by atoms with E-state index < -0.39 is 5.91 Å². The van der Waals surface area contributed by atoms with Crippen molar-refractivity contribution in [1.82, 2.24) is 5.43 Å². The first-order valence-corrected chi connectivity index (χ1v) is 7.43. The van der Waals surface area contributed by atoms with Crippen LogP contribution in [0.15, 0.2) is 47.6 Å². The fourth-order valence-corrected chi connectivity index (χ4v) is 2.04. The molecule has 0 heterocycles. The molecule has 1 amide bonds. The number of hydrogen-bond donors (Lipinski definition) is 1. The maximum absolute atomic E-state index is 11.7. The van der Waals surface area contributed by atoms with Crippen LogP contribution in [0.2, 0.25) is 5.02 Å². The van der Waals surface area contributed by atoms with Gasteiger partial charge < -0.3 is 14.2 Å². The number of carbonyl (C=O) groups is 1. The Morgan fingerprint density at radius 2 is 1.88 bits per heavy atom. The topological polar surface area (TPSA) is 69.2 Å². The van der Waals surface area contributed by atoms with E-state index in [2.05, 4.69) is 10.5 Å². The molecule has 0 aliphatic rings. The van der Waals surface area contributed by atoms with Crippen LogP contribution in [0.25, 0.3) is 0 Å². The van der Waals surface area contributed by atoms with Gasteiger partial charge >= 0.3 is 0 Å². The molecular weight excluding hydrogens is 332 g/mol. The predicted octanol–water partition coefficient (Wildman–Crippen LogP) is 2.89. The highest BCUT2D eigenvalue weighted by Crippen LogP contribution is 2.26. The van der Waals surface area contributed by atoms with Crippen LogP contribution < -0.4 is 19.6 Å². The van der Waals surface area contributed by atoms with Gasteiger partial charge in [0, 0.05) is 0 Å². The second-order valence-corrected chi connectivity index (χ2v) is 5.03. The lowest BCUT2D eigenvalue weighted by Gasteiger charge is -2.07. The largest absolute Gasteiger partial charge is 0.493 e. The van der Waals surface area contributed by atoms with Crippen molar-refractivity contribution in [2.75, 3.05) is 20.8 Å². The molecule has 7 heteroatoms. The molecule has 0 saturated carbocycles.